The fourth-order valence-electron chi connectivity index (χ4n) is 3.62. The van der Waals surface area contributed by atoms with Crippen molar-refractivity contribution in [2.45, 2.75) is 57.4 Å². The Balaban J connectivity index is 1.65. The summed E-state index contributed by atoms with van der Waals surface area (Å²) in [5, 5.41) is 0. The Morgan fingerprint density at radius 3 is 2.35 bits per heavy atom. The molecule has 1 aromatic carbocycles. The van der Waals surface area contributed by atoms with Gasteiger partial charge in [0.2, 0.25) is 0 Å². The van der Waals surface area contributed by atoms with E-state index in [1.54, 1.807) is 12.1 Å². The zero-order valence-electron chi connectivity index (χ0n) is 12.3. The van der Waals surface area contributed by atoms with Gasteiger partial charge >= 0.3 is 0 Å². The number of ether oxygens (including phenoxy) is 1. The average Bonchev–Trinajstić information content (AvgIpc) is 2.47. The Morgan fingerprint density at radius 1 is 1.15 bits per heavy atom. The minimum absolute atomic E-state index is 0.0791. The molecule has 3 aliphatic rings. The standard InChI is InChI=1S/C17H24FNO/c1-2-13-3-4-15(14(18)11-13)20-12-16-5-8-17(19,9-6-16)10-7-16/h3-4,11H,2,5-10,12,19H2,1H3. The Hall–Kier alpha value is -1.09. The lowest BCUT2D eigenvalue weighted by Gasteiger charge is -2.51. The second-order valence-corrected chi connectivity index (χ2v) is 6.77. The van der Waals surface area contributed by atoms with Crippen molar-refractivity contribution in [2.24, 2.45) is 11.1 Å². The normalized spacial score (nSPS) is 32.4. The molecule has 0 spiro atoms. The highest BCUT2D eigenvalue weighted by Crippen LogP contribution is 2.51. The minimum Gasteiger partial charge on any atom is -0.490 e. The van der Waals surface area contributed by atoms with Gasteiger partial charge in [0.15, 0.2) is 11.6 Å². The minimum atomic E-state index is -0.236. The number of halogens is 1. The molecular formula is C17H24FNO. The molecule has 3 aliphatic carbocycles. The molecule has 2 nitrogen and oxygen atoms in total. The third-order valence-corrected chi connectivity index (χ3v) is 5.40. The fraction of sp³-hybridized carbons (Fsp3) is 0.647. The molecule has 3 heteroatoms. The predicted molar refractivity (Wildman–Crippen MR) is 78.3 cm³/mol. The van der Waals surface area contributed by atoms with Gasteiger partial charge in [0.1, 0.15) is 0 Å². The van der Waals surface area contributed by atoms with Gasteiger partial charge in [-0.1, -0.05) is 13.0 Å². The summed E-state index contributed by atoms with van der Waals surface area (Å²) in [5.74, 6) is 0.160. The van der Waals surface area contributed by atoms with E-state index in [-0.39, 0.29) is 16.8 Å². The maximum Gasteiger partial charge on any atom is 0.165 e. The lowest BCUT2D eigenvalue weighted by atomic mass is 9.58. The molecule has 1 aromatic rings. The average molecular weight is 277 g/mol. The van der Waals surface area contributed by atoms with Gasteiger partial charge in [0.05, 0.1) is 6.61 Å². The fourth-order valence-corrected chi connectivity index (χ4v) is 3.62. The topological polar surface area (TPSA) is 35.2 Å². The molecule has 0 aromatic heterocycles. The molecule has 3 fully saturated rings. The maximum atomic E-state index is 13.9. The van der Waals surface area contributed by atoms with Crippen LogP contribution in [0.2, 0.25) is 0 Å². The first-order chi connectivity index (χ1) is 9.54. The van der Waals surface area contributed by atoms with Gasteiger partial charge in [-0.05, 0) is 62.6 Å². The van der Waals surface area contributed by atoms with Crippen LogP contribution in [0.5, 0.6) is 5.75 Å². The van der Waals surface area contributed by atoms with Crippen LogP contribution in [0.1, 0.15) is 51.0 Å². The summed E-state index contributed by atoms with van der Waals surface area (Å²) < 4.78 is 19.8. The Labute approximate surface area is 120 Å². The van der Waals surface area contributed by atoms with Crippen molar-refractivity contribution in [1.29, 1.82) is 0 Å². The molecule has 20 heavy (non-hydrogen) atoms. The molecule has 2 N–H and O–H groups in total. The van der Waals surface area contributed by atoms with E-state index in [1.807, 2.05) is 13.0 Å². The second kappa shape index (κ2) is 5.03. The summed E-state index contributed by atoms with van der Waals surface area (Å²) in [6.45, 7) is 2.66. The number of hydrogen-bond donors (Lipinski definition) is 1. The SMILES string of the molecule is CCc1ccc(OCC23CCC(N)(CC2)CC3)c(F)c1. The van der Waals surface area contributed by atoms with Crippen LogP contribution in [0.25, 0.3) is 0 Å². The van der Waals surface area contributed by atoms with Crippen molar-refractivity contribution in [3.63, 3.8) is 0 Å². The molecular weight excluding hydrogens is 253 g/mol. The van der Waals surface area contributed by atoms with Crippen molar-refractivity contribution in [3.05, 3.63) is 29.6 Å². The van der Waals surface area contributed by atoms with E-state index in [0.29, 0.717) is 12.4 Å². The Bertz CT molecular complexity index is 475. The number of aryl methyl sites for hydroxylation is 1. The lowest BCUT2D eigenvalue weighted by Crippen LogP contribution is -2.53. The Morgan fingerprint density at radius 2 is 1.80 bits per heavy atom. The van der Waals surface area contributed by atoms with E-state index >= 15 is 0 Å². The third kappa shape index (κ3) is 2.56. The molecule has 0 aliphatic heterocycles. The number of hydrogen-bond acceptors (Lipinski definition) is 2. The van der Waals surface area contributed by atoms with Gasteiger partial charge in [0.25, 0.3) is 0 Å². The van der Waals surface area contributed by atoms with E-state index in [4.69, 9.17) is 10.5 Å². The summed E-state index contributed by atoms with van der Waals surface area (Å²) in [4.78, 5) is 0. The monoisotopic (exact) mass is 277 g/mol. The highest BCUT2D eigenvalue weighted by molar-refractivity contribution is 5.29. The molecule has 110 valence electrons. The predicted octanol–water partition coefficient (Wildman–Crippen LogP) is 3.82. The molecule has 0 amide bonds. The molecule has 4 rings (SSSR count). The van der Waals surface area contributed by atoms with Crippen molar-refractivity contribution < 1.29 is 9.13 Å². The van der Waals surface area contributed by atoms with Gasteiger partial charge in [-0.3, -0.25) is 0 Å². The maximum absolute atomic E-state index is 13.9. The first kappa shape index (κ1) is 13.9. The molecule has 0 heterocycles. The third-order valence-electron chi connectivity index (χ3n) is 5.40. The van der Waals surface area contributed by atoms with Gasteiger partial charge in [-0.15, -0.1) is 0 Å². The second-order valence-electron chi connectivity index (χ2n) is 6.77. The highest BCUT2D eigenvalue weighted by Gasteiger charge is 2.47. The van der Waals surface area contributed by atoms with Crippen LogP contribution >= 0.6 is 0 Å². The smallest absolute Gasteiger partial charge is 0.165 e. The van der Waals surface area contributed by atoms with Crippen molar-refractivity contribution >= 4 is 0 Å². The first-order valence-electron chi connectivity index (χ1n) is 7.74. The van der Waals surface area contributed by atoms with Crippen LogP contribution in [-0.2, 0) is 6.42 Å². The summed E-state index contributed by atoms with van der Waals surface area (Å²) in [7, 11) is 0. The van der Waals surface area contributed by atoms with E-state index in [1.165, 1.54) is 0 Å². The number of fused-ring (bicyclic) bond motifs is 3. The molecule has 0 saturated heterocycles. The zero-order chi connectivity index (χ0) is 14.2. The molecule has 0 radical (unpaired) electrons. The van der Waals surface area contributed by atoms with Gasteiger partial charge in [-0.2, -0.15) is 0 Å². The number of benzene rings is 1. The summed E-state index contributed by atoms with van der Waals surface area (Å²) in [5.41, 5.74) is 7.64. The van der Waals surface area contributed by atoms with E-state index in [9.17, 15) is 4.39 Å². The molecule has 0 atom stereocenters. The lowest BCUT2D eigenvalue weighted by molar-refractivity contribution is 0.00431. The van der Waals surface area contributed by atoms with Crippen LogP contribution in [0, 0.1) is 11.2 Å². The van der Waals surface area contributed by atoms with Gasteiger partial charge in [-0.25, -0.2) is 4.39 Å². The van der Waals surface area contributed by atoms with Crippen molar-refractivity contribution in [1.82, 2.24) is 0 Å². The van der Waals surface area contributed by atoms with E-state index < -0.39 is 0 Å². The van der Waals surface area contributed by atoms with Crippen molar-refractivity contribution in [2.75, 3.05) is 6.61 Å². The van der Waals surface area contributed by atoms with Crippen LogP contribution < -0.4 is 10.5 Å². The van der Waals surface area contributed by atoms with Gasteiger partial charge in [0, 0.05) is 11.0 Å². The van der Waals surface area contributed by atoms with Crippen LogP contribution in [0.3, 0.4) is 0 Å². The quantitative estimate of drug-likeness (QED) is 0.908. The molecule has 2 bridgehead atoms. The van der Waals surface area contributed by atoms with Crippen LogP contribution in [0.15, 0.2) is 18.2 Å². The Kier molecular flexibility index (Phi) is 3.49. The molecule has 3 saturated carbocycles. The van der Waals surface area contributed by atoms with Gasteiger partial charge < -0.3 is 10.5 Å². The van der Waals surface area contributed by atoms with E-state index in [2.05, 4.69) is 0 Å². The number of rotatable bonds is 4. The van der Waals surface area contributed by atoms with Crippen molar-refractivity contribution in [3.8, 4) is 5.75 Å². The highest BCUT2D eigenvalue weighted by atomic mass is 19.1. The number of nitrogens with two attached hydrogens (primary N) is 1. The zero-order valence-corrected chi connectivity index (χ0v) is 12.3. The summed E-state index contributed by atoms with van der Waals surface area (Å²) in [6, 6.07) is 5.30. The summed E-state index contributed by atoms with van der Waals surface area (Å²) in [6.07, 6.45) is 7.49. The molecule has 0 unspecified atom stereocenters. The first-order valence-corrected chi connectivity index (χ1v) is 7.74. The van der Waals surface area contributed by atoms with Crippen LogP contribution in [-0.4, -0.2) is 12.1 Å². The largest absolute Gasteiger partial charge is 0.490 e. The van der Waals surface area contributed by atoms with Crippen LogP contribution in [0.4, 0.5) is 4.39 Å². The summed E-state index contributed by atoms with van der Waals surface area (Å²) >= 11 is 0. The van der Waals surface area contributed by atoms with E-state index in [0.717, 1.165) is 50.5 Å².